The largest absolute Gasteiger partial charge is 0.279 e. The van der Waals surface area contributed by atoms with Crippen molar-refractivity contribution in [1.82, 2.24) is 9.03 Å². The van der Waals surface area contributed by atoms with Crippen molar-refractivity contribution in [3.05, 3.63) is 11.6 Å². The third-order valence-corrected chi connectivity index (χ3v) is 5.81. The number of nitrogens with one attached hydrogen (secondary N) is 1. The SMILES string of the molecule is C[C@H](NS(=O)(=O)N1CCCCCC1)C1=CCCCC1. The van der Waals surface area contributed by atoms with Crippen LogP contribution in [0.2, 0.25) is 0 Å². The molecule has 1 fully saturated rings. The minimum Gasteiger partial charge on any atom is -0.195 e. The second kappa shape index (κ2) is 6.86. The standard InChI is InChI=1S/C14H26N2O2S/c1-13(14-9-5-4-6-10-14)15-19(17,18)16-11-7-2-3-8-12-16/h9,13,15H,2-8,10-12H2,1H3/t13-/m0/s1. The molecule has 0 amide bonds. The van der Waals surface area contributed by atoms with Crippen molar-refractivity contribution in [3.8, 4) is 0 Å². The highest BCUT2D eigenvalue weighted by Gasteiger charge is 2.25. The first-order valence-corrected chi connectivity index (χ1v) is 9.00. The van der Waals surface area contributed by atoms with E-state index in [4.69, 9.17) is 0 Å². The van der Waals surface area contributed by atoms with E-state index < -0.39 is 10.2 Å². The number of allylic oxidation sites excluding steroid dienone is 1. The van der Waals surface area contributed by atoms with E-state index in [2.05, 4.69) is 10.8 Å². The Kier molecular flexibility index (Phi) is 5.42. The molecule has 0 aromatic rings. The van der Waals surface area contributed by atoms with Gasteiger partial charge in [0.15, 0.2) is 0 Å². The second-order valence-corrected chi connectivity index (χ2v) is 7.38. The topological polar surface area (TPSA) is 49.4 Å². The van der Waals surface area contributed by atoms with Crippen molar-refractivity contribution in [2.75, 3.05) is 13.1 Å². The molecule has 5 heteroatoms. The third-order valence-electron chi connectivity index (χ3n) is 4.11. The van der Waals surface area contributed by atoms with Crippen LogP contribution in [0.25, 0.3) is 0 Å². The van der Waals surface area contributed by atoms with Crippen molar-refractivity contribution in [2.24, 2.45) is 0 Å². The van der Waals surface area contributed by atoms with Gasteiger partial charge in [-0.15, -0.1) is 0 Å². The number of nitrogens with zero attached hydrogens (tertiary/aromatic N) is 1. The van der Waals surface area contributed by atoms with Gasteiger partial charge in [-0.25, -0.2) is 0 Å². The number of rotatable bonds is 4. The molecular weight excluding hydrogens is 260 g/mol. The van der Waals surface area contributed by atoms with Crippen molar-refractivity contribution in [1.29, 1.82) is 0 Å². The predicted octanol–water partition coefficient (Wildman–Crippen LogP) is 2.59. The van der Waals surface area contributed by atoms with Crippen molar-refractivity contribution in [2.45, 2.75) is 64.3 Å². The monoisotopic (exact) mass is 286 g/mol. The van der Waals surface area contributed by atoms with Gasteiger partial charge in [-0.05, 0) is 45.4 Å². The van der Waals surface area contributed by atoms with Crippen LogP contribution in [0.4, 0.5) is 0 Å². The maximum atomic E-state index is 12.4. The summed E-state index contributed by atoms with van der Waals surface area (Å²) < 4.78 is 29.2. The molecule has 1 heterocycles. The van der Waals surface area contributed by atoms with Crippen LogP contribution in [0.1, 0.15) is 58.3 Å². The van der Waals surface area contributed by atoms with E-state index in [1.807, 2.05) is 6.92 Å². The lowest BCUT2D eigenvalue weighted by Crippen LogP contribution is -2.45. The number of hydrogen-bond acceptors (Lipinski definition) is 2. The van der Waals surface area contributed by atoms with E-state index in [1.54, 1.807) is 4.31 Å². The van der Waals surface area contributed by atoms with Gasteiger partial charge >= 0.3 is 0 Å². The minimum atomic E-state index is -3.31. The first-order chi connectivity index (χ1) is 9.09. The summed E-state index contributed by atoms with van der Waals surface area (Å²) in [6.45, 7) is 3.30. The lowest BCUT2D eigenvalue weighted by atomic mass is 9.95. The molecule has 4 nitrogen and oxygen atoms in total. The van der Waals surface area contributed by atoms with Gasteiger partial charge in [-0.3, -0.25) is 0 Å². The lowest BCUT2D eigenvalue weighted by molar-refractivity contribution is 0.411. The molecule has 1 N–H and O–H groups in total. The predicted molar refractivity (Wildman–Crippen MR) is 78.1 cm³/mol. The average molecular weight is 286 g/mol. The van der Waals surface area contributed by atoms with Gasteiger partial charge in [0.25, 0.3) is 10.2 Å². The summed E-state index contributed by atoms with van der Waals surface area (Å²) in [5, 5.41) is 0. The van der Waals surface area contributed by atoms with Gasteiger partial charge in [0.1, 0.15) is 0 Å². The molecule has 19 heavy (non-hydrogen) atoms. The van der Waals surface area contributed by atoms with Gasteiger partial charge < -0.3 is 0 Å². The molecule has 2 aliphatic rings. The molecule has 2 rings (SSSR count). The average Bonchev–Trinajstić information content (AvgIpc) is 2.68. The Morgan fingerprint density at radius 2 is 1.79 bits per heavy atom. The van der Waals surface area contributed by atoms with Crippen LogP contribution in [0.3, 0.4) is 0 Å². The van der Waals surface area contributed by atoms with E-state index >= 15 is 0 Å². The van der Waals surface area contributed by atoms with Crippen LogP contribution in [0.15, 0.2) is 11.6 Å². The van der Waals surface area contributed by atoms with Gasteiger partial charge in [0, 0.05) is 19.1 Å². The Bertz CT molecular complexity index is 409. The maximum Gasteiger partial charge on any atom is 0.279 e. The van der Waals surface area contributed by atoms with Crippen molar-refractivity contribution < 1.29 is 8.42 Å². The highest BCUT2D eigenvalue weighted by atomic mass is 32.2. The van der Waals surface area contributed by atoms with E-state index in [0.29, 0.717) is 13.1 Å². The molecule has 0 spiro atoms. The van der Waals surface area contributed by atoms with Crippen LogP contribution in [0.5, 0.6) is 0 Å². The summed E-state index contributed by atoms with van der Waals surface area (Å²) in [6, 6.07) is -0.0615. The first-order valence-electron chi connectivity index (χ1n) is 7.56. The van der Waals surface area contributed by atoms with Crippen molar-refractivity contribution in [3.63, 3.8) is 0 Å². The smallest absolute Gasteiger partial charge is 0.195 e. The van der Waals surface area contributed by atoms with Gasteiger partial charge in [0.2, 0.25) is 0 Å². The zero-order chi connectivity index (χ0) is 13.7. The molecule has 110 valence electrons. The molecule has 1 aliphatic carbocycles. The zero-order valence-corrected chi connectivity index (χ0v) is 12.7. The Hall–Kier alpha value is -0.390. The van der Waals surface area contributed by atoms with Gasteiger partial charge in [-0.1, -0.05) is 24.5 Å². The Labute approximate surface area is 117 Å². The fraction of sp³-hybridized carbons (Fsp3) is 0.857. The van der Waals surface area contributed by atoms with Crippen LogP contribution in [-0.2, 0) is 10.2 Å². The summed E-state index contributed by atoms with van der Waals surface area (Å²) in [7, 11) is -3.31. The summed E-state index contributed by atoms with van der Waals surface area (Å²) in [5.41, 5.74) is 1.25. The normalized spacial score (nSPS) is 24.6. The minimum absolute atomic E-state index is 0.0615. The molecule has 1 saturated heterocycles. The second-order valence-electron chi connectivity index (χ2n) is 5.68. The fourth-order valence-corrected chi connectivity index (χ4v) is 4.40. The fourth-order valence-electron chi connectivity index (χ4n) is 2.91. The Morgan fingerprint density at radius 3 is 2.37 bits per heavy atom. The highest BCUT2D eigenvalue weighted by molar-refractivity contribution is 7.87. The summed E-state index contributed by atoms with van der Waals surface area (Å²) in [5.74, 6) is 0. The first kappa shape index (κ1) is 15.0. The molecule has 0 radical (unpaired) electrons. The van der Waals surface area contributed by atoms with Crippen LogP contribution in [0, 0.1) is 0 Å². The maximum absolute atomic E-state index is 12.4. The molecule has 1 aliphatic heterocycles. The quantitative estimate of drug-likeness (QED) is 0.808. The molecular formula is C14H26N2O2S. The van der Waals surface area contributed by atoms with Crippen LogP contribution in [-0.4, -0.2) is 31.9 Å². The Balaban J connectivity index is 1.97. The van der Waals surface area contributed by atoms with Crippen molar-refractivity contribution >= 4 is 10.2 Å². The Morgan fingerprint density at radius 1 is 1.11 bits per heavy atom. The molecule has 0 saturated carbocycles. The molecule has 0 aromatic carbocycles. The van der Waals surface area contributed by atoms with Gasteiger partial charge in [0.05, 0.1) is 0 Å². The molecule has 1 atom stereocenters. The van der Waals surface area contributed by atoms with E-state index in [1.165, 1.54) is 18.4 Å². The summed E-state index contributed by atoms with van der Waals surface area (Å²) >= 11 is 0. The lowest BCUT2D eigenvalue weighted by Gasteiger charge is -2.25. The highest BCUT2D eigenvalue weighted by Crippen LogP contribution is 2.21. The summed E-state index contributed by atoms with van der Waals surface area (Å²) in [6.07, 6.45) is 11.0. The number of hydrogen-bond donors (Lipinski definition) is 1. The van der Waals surface area contributed by atoms with Crippen LogP contribution < -0.4 is 4.72 Å². The zero-order valence-electron chi connectivity index (χ0n) is 11.9. The molecule has 0 unspecified atom stereocenters. The van der Waals surface area contributed by atoms with Gasteiger partial charge in [-0.2, -0.15) is 17.4 Å². The molecule has 0 aromatic heterocycles. The summed E-state index contributed by atoms with van der Waals surface area (Å²) in [4.78, 5) is 0. The third kappa shape index (κ3) is 4.29. The van der Waals surface area contributed by atoms with E-state index in [0.717, 1.165) is 38.5 Å². The van der Waals surface area contributed by atoms with E-state index in [9.17, 15) is 8.42 Å². The molecule has 0 bridgehead atoms. The van der Waals surface area contributed by atoms with Crippen LogP contribution >= 0.6 is 0 Å². The van der Waals surface area contributed by atoms with E-state index in [-0.39, 0.29) is 6.04 Å².